The van der Waals surface area contributed by atoms with Crippen LogP contribution >= 0.6 is 34.8 Å². The molecule has 0 bridgehead atoms. The molecule has 0 radical (unpaired) electrons. The number of hydrogen-bond acceptors (Lipinski definition) is 2. The Bertz CT molecular complexity index is 365. The molecular weight excluding hydrogens is 321 g/mol. The maximum Gasteiger partial charge on any atom is 0.186 e. The molecule has 3 nitrogen and oxygen atoms in total. The van der Waals surface area contributed by atoms with Crippen LogP contribution in [0.4, 0.5) is 0 Å². The molecule has 0 unspecified atom stereocenters. The van der Waals surface area contributed by atoms with Crippen LogP contribution in [0, 0.1) is 3.57 Å². The summed E-state index contributed by atoms with van der Waals surface area (Å²) in [4.78, 5) is 0. The highest BCUT2D eigenvalue weighted by Crippen LogP contribution is 2.08. The van der Waals surface area contributed by atoms with E-state index in [1.54, 1.807) is 6.21 Å². The van der Waals surface area contributed by atoms with Crippen molar-refractivity contribution in [3.63, 3.8) is 0 Å². The number of benzene rings is 1. The molecule has 80 valence electrons. The molecule has 1 rings (SSSR count). The Hall–Kier alpha value is -0.690. The van der Waals surface area contributed by atoms with Gasteiger partial charge in [0, 0.05) is 15.7 Å². The van der Waals surface area contributed by atoms with Crippen LogP contribution in [0.5, 0.6) is 0 Å². The predicted molar refractivity (Wildman–Crippen MR) is 76.2 cm³/mol. The first-order chi connectivity index (χ1) is 7.24. The normalized spacial score (nSPS) is 10.3. The van der Waals surface area contributed by atoms with Gasteiger partial charge in [-0.05, 0) is 47.8 Å². The van der Waals surface area contributed by atoms with Crippen molar-refractivity contribution in [2.75, 3.05) is 6.54 Å². The van der Waals surface area contributed by atoms with Crippen LogP contribution in [0.15, 0.2) is 29.4 Å². The third-order valence-corrected chi connectivity index (χ3v) is 2.83. The zero-order valence-electron chi connectivity index (χ0n) is 8.33. The van der Waals surface area contributed by atoms with E-state index >= 15 is 0 Å². The van der Waals surface area contributed by atoms with Gasteiger partial charge in [-0.3, -0.25) is 5.43 Å². The third-order valence-electron chi connectivity index (χ3n) is 1.61. The fraction of sp³-hybridized carbons (Fsp3) is 0.200. The monoisotopic (exact) mass is 333 g/mol. The SMILES string of the molecule is CCNC(=S)N/N=C\c1ccccc1I. The molecule has 0 aliphatic carbocycles. The van der Waals surface area contributed by atoms with Crippen molar-refractivity contribution in [2.24, 2.45) is 5.10 Å². The Morgan fingerprint density at radius 2 is 2.27 bits per heavy atom. The van der Waals surface area contributed by atoms with Crippen molar-refractivity contribution >= 4 is 46.1 Å². The lowest BCUT2D eigenvalue weighted by molar-refractivity contribution is 0.904. The number of hydrogen-bond donors (Lipinski definition) is 2. The first kappa shape index (κ1) is 12.4. The van der Waals surface area contributed by atoms with Gasteiger partial charge in [-0.1, -0.05) is 18.2 Å². The van der Waals surface area contributed by atoms with Crippen molar-refractivity contribution in [3.05, 3.63) is 33.4 Å². The lowest BCUT2D eigenvalue weighted by atomic mass is 10.2. The van der Waals surface area contributed by atoms with Crippen molar-refractivity contribution in [1.82, 2.24) is 10.7 Å². The highest BCUT2D eigenvalue weighted by Gasteiger charge is 1.93. The first-order valence-corrected chi connectivity index (χ1v) is 6.04. The minimum Gasteiger partial charge on any atom is -0.362 e. The quantitative estimate of drug-likeness (QED) is 0.385. The zero-order chi connectivity index (χ0) is 11.1. The minimum absolute atomic E-state index is 0.541. The molecule has 2 N–H and O–H groups in total. The van der Waals surface area contributed by atoms with E-state index in [2.05, 4.69) is 38.4 Å². The second-order valence-corrected chi connectivity index (χ2v) is 4.32. The summed E-state index contributed by atoms with van der Waals surface area (Å²) in [7, 11) is 0. The molecule has 0 atom stereocenters. The minimum atomic E-state index is 0.541. The second-order valence-electron chi connectivity index (χ2n) is 2.75. The fourth-order valence-electron chi connectivity index (χ4n) is 0.940. The number of rotatable bonds is 3. The molecule has 0 aliphatic heterocycles. The highest BCUT2D eigenvalue weighted by atomic mass is 127. The largest absolute Gasteiger partial charge is 0.362 e. The van der Waals surface area contributed by atoms with E-state index in [-0.39, 0.29) is 0 Å². The summed E-state index contributed by atoms with van der Waals surface area (Å²) in [5.74, 6) is 0. The average Bonchev–Trinajstić information content (AvgIpc) is 2.21. The van der Waals surface area contributed by atoms with Gasteiger partial charge in [0.1, 0.15) is 0 Å². The van der Waals surface area contributed by atoms with Gasteiger partial charge >= 0.3 is 0 Å². The molecule has 0 spiro atoms. The lowest BCUT2D eigenvalue weighted by Gasteiger charge is -2.02. The number of hydrazone groups is 1. The van der Waals surface area contributed by atoms with Crippen LogP contribution in [0.3, 0.4) is 0 Å². The zero-order valence-corrected chi connectivity index (χ0v) is 11.3. The molecule has 5 heteroatoms. The topological polar surface area (TPSA) is 36.4 Å². The highest BCUT2D eigenvalue weighted by molar-refractivity contribution is 14.1. The Kier molecular flexibility index (Phi) is 5.56. The maximum atomic E-state index is 4.96. The molecule has 0 amide bonds. The lowest BCUT2D eigenvalue weighted by Crippen LogP contribution is -2.31. The molecule has 0 aromatic heterocycles. The Labute approximate surface area is 108 Å². The predicted octanol–water partition coefficient (Wildman–Crippen LogP) is 2.11. The van der Waals surface area contributed by atoms with Gasteiger partial charge in [0.2, 0.25) is 0 Å². The molecule has 0 aliphatic rings. The van der Waals surface area contributed by atoms with Gasteiger partial charge in [0.15, 0.2) is 5.11 Å². The number of halogens is 1. The van der Waals surface area contributed by atoms with E-state index in [1.807, 2.05) is 31.2 Å². The molecule has 0 heterocycles. The maximum absolute atomic E-state index is 4.96. The van der Waals surface area contributed by atoms with E-state index in [0.29, 0.717) is 5.11 Å². The molecule has 0 fully saturated rings. The molecule has 15 heavy (non-hydrogen) atoms. The average molecular weight is 333 g/mol. The second kappa shape index (κ2) is 6.73. The molecule has 1 aromatic rings. The smallest absolute Gasteiger partial charge is 0.186 e. The molecule has 0 saturated carbocycles. The third kappa shape index (κ3) is 4.57. The van der Waals surface area contributed by atoms with Crippen LogP contribution in [0.2, 0.25) is 0 Å². The fourth-order valence-corrected chi connectivity index (χ4v) is 1.66. The summed E-state index contributed by atoms with van der Waals surface area (Å²) in [6, 6.07) is 8.01. The van der Waals surface area contributed by atoms with Gasteiger partial charge in [0.05, 0.1) is 6.21 Å². The van der Waals surface area contributed by atoms with Gasteiger partial charge in [-0.15, -0.1) is 0 Å². The van der Waals surface area contributed by atoms with E-state index in [4.69, 9.17) is 12.2 Å². The van der Waals surface area contributed by atoms with Gasteiger partial charge < -0.3 is 5.32 Å². The van der Waals surface area contributed by atoms with Crippen molar-refractivity contribution in [1.29, 1.82) is 0 Å². The molecule has 0 saturated heterocycles. The van der Waals surface area contributed by atoms with Crippen LogP contribution in [-0.4, -0.2) is 17.9 Å². The van der Waals surface area contributed by atoms with Crippen molar-refractivity contribution in [2.45, 2.75) is 6.92 Å². The summed E-state index contributed by atoms with van der Waals surface area (Å²) in [5.41, 5.74) is 3.82. The Balaban J connectivity index is 2.52. The van der Waals surface area contributed by atoms with Gasteiger partial charge in [-0.25, -0.2) is 0 Å². The molecular formula is C10H12IN3S. The number of nitrogens with one attached hydrogen (secondary N) is 2. The van der Waals surface area contributed by atoms with E-state index in [1.165, 1.54) is 0 Å². The summed E-state index contributed by atoms with van der Waals surface area (Å²) in [6.07, 6.45) is 1.76. The van der Waals surface area contributed by atoms with E-state index < -0.39 is 0 Å². The summed E-state index contributed by atoms with van der Waals surface area (Å²) < 4.78 is 1.16. The summed E-state index contributed by atoms with van der Waals surface area (Å²) in [6.45, 7) is 2.78. The van der Waals surface area contributed by atoms with E-state index in [0.717, 1.165) is 15.7 Å². The van der Waals surface area contributed by atoms with Crippen molar-refractivity contribution < 1.29 is 0 Å². The van der Waals surface area contributed by atoms with Crippen molar-refractivity contribution in [3.8, 4) is 0 Å². The van der Waals surface area contributed by atoms with Crippen LogP contribution in [-0.2, 0) is 0 Å². The Morgan fingerprint density at radius 1 is 1.53 bits per heavy atom. The number of thiocarbonyl (C=S) groups is 1. The summed E-state index contributed by atoms with van der Waals surface area (Å²) in [5, 5.41) is 7.53. The van der Waals surface area contributed by atoms with Gasteiger partial charge in [-0.2, -0.15) is 5.10 Å². The van der Waals surface area contributed by atoms with Crippen LogP contribution < -0.4 is 10.7 Å². The number of nitrogens with zero attached hydrogens (tertiary/aromatic N) is 1. The van der Waals surface area contributed by atoms with Crippen LogP contribution in [0.25, 0.3) is 0 Å². The molecule has 1 aromatic carbocycles. The first-order valence-electron chi connectivity index (χ1n) is 4.55. The standard InChI is InChI=1S/C10H12IN3S/c1-2-12-10(15)14-13-7-8-5-3-4-6-9(8)11/h3-7H,2H2,1H3,(H2,12,14,15)/b13-7-. The summed E-state index contributed by atoms with van der Waals surface area (Å²) >= 11 is 7.23. The Morgan fingerprint density at radius 3 is 2.93 bits per heavy atom. The van der Waals surface area contributed by atoms with Crippen LogP contribution in [0.1, 0.15) is 12.5 Å². The van der Waals surface area contributed by atoms with E-state index in [9.17, 15) is 0 Å². The van der Waals surface area contributed by atoms with Gasteiger partial charge in [0.25, 0.3) is 0 Å².